The number of hydrazine groups is 1. The molecule has 0 saturated heterocycles. The third-order valence-electron chi connectivity index (χ3n) is 3.56. The lowest BCUT2D eigenvalue weighted by Gasteiger charge is -2.34. The largest absolute Gasteiger partial charge is 0.476 e. The Bertz CT molecular complexity index is 766. The van der Waals surface area contributed by atoms with E-state index in [1.165, 1.54) is 23.1 Å². The second-order valence-electron chi connectivity index (χ2n) is 4.98. The number of anilines is 1. The predicted octanol–water partition coefficient (Wildman–Crippen LogP) is 1.22. The molecule has 0 bridgehead atoms. The van der Waals surface area contributed by atoms with Crippen LogP contribution in [0.3, 0.4) is 0 Å². The Hall–Kier alpha value is -2.93. The molecule has 23 heavy (non-hydrogen) atoms. The minimum Gasteiger partial charge on any atom is -0.476 e. The maximum absolute atomic E-state index is 13.9. The van der Waals surface area contributed by atoms with Crippen LogP contribution in [-0.2, 0) is 4.79 Å². The van der Waals surface area contributed by atoms with Gasteiger partial charge in [0.1, 0.15) is 11.6 Å². The van der Waals surface area contributed by atoms with Crippen LogP contribution in [0.1, 0.15) is 10.4 Å². The van der Waals surface area contributed by atoms with Gasteiger partial charge in [-0.1, -0.05) is 24.3 Å². The van der Waals surface area contributed by atoms with Crippen LogP contribution in [0.25, 0.3) is 0 Å². The first-order valence-electron chi connectivity index (χ1n) is 6.94. The molecule has 6 nitrogen and oxygen atoms in total. The quantitative estimate of drug-likeness (QED) is 0.496. The van der Waals surface area contributed by atoms with Crippen LogP contribution in [-0.4, -0.2) is 24.5 Å². The van der Waals surface area contributed by atoms with Gasteiger partial charge in [0.05, 0.1) is 17.8 Å². The molecular weight excluding hydrogens is 301 g/mol. The number of benzene rings is 2. The minimum absolute atomic E-state index is 0.0623. The van der Waals surface area contributed by atoms with Crippen molar-refractivity contribution in [3.05, 3.63) is 59.9 Å². The zero-order valence-electron chi connectivity index (χ0n) is 12.0. The Morgan fingerprint density at radius 1 is 1.17 bits per heavy atom. The smallest absolute Gasteiger partial charge is 0.276 e. The van der Waals surface area contributed by atoms with Gasteiger partial charge in [-0.05, 0) is 24.3 Å². The number of nitrogens with two attached hydrogens (primary N) is 1. The van der Waals surface area contributed by atoms with E-state index in [2.05, 4.69) is 0 Å². The normalized spacial score (nSPS) is 16.3. The van der Waals surface area contributed by atoms with Gasteiger partial charge in [-0.3, -0.25) is 15.0 Å². The average Bonchev–Trinajstić information content (AvgIpc) is 2.60. The number of halogens is 1. The summed E-state index contributed by atoms with van der Waals surface area (Å²) >= 11 is 0. The SMILES string of the molecule is NNC(=O)C1CN(C(=O)c2ccccc2F)c2ccccc2O1. The summed E-state index contributed by atoms with van der Waals surface area (Å²) in [6.45, 7) is -0.0623. The molecule has 0 spiro atoms. The van der Waals surface area contributed by atoms with E-state index in [-0.39, 0.29) is 12.1 Å². The Labute approximate surface area is 131 Å². The highest BCUT2D eigenvalue weighted by Crippen LogP contribution is 2.34. The number of nitrogens with one attached hydrogen (secondary N) is 1. The molecule has 0 fully saturated rings. The fourth-order valence-electron chi connectivity index (χ4n) is 2.44. The second-order valence-corrected chi connectivity index (χ2v) is 4.98. The Morgan fingerprint density at radius 2 is 1.87 bits per heavy atom. The maximum atomic E-state index is 13.9. The van der Waals surface area contributed by atoms with Crippen molar-refractivity contribution in [2.24, 2.45) is 5.84 Å². The predicted molar refractivity (Wildman–Crippen MR) is 81.3 cm³/mol. The van der Waals surface area contributed by atoms with Crippen molar-refractivity contribution >= 4 is 17.5 Å². The van der Waals surface area contributed by atoms with Crippen LogP contribution in [0.15, 0.2) is 48.5 Å². The molecule has 1 aliphatic heterocycles. The molecule has 3 N–H and O–H groups in total. The van der Waals surface area contributed by atoms with Crippen molar-refractivity contribution in [1.82, 2.24) is 5.43 Å². The minimum atomic E-state index is -0.967. The van der Waals surface area contributed by atoms with Crippen LogP contribution in [0.5, 0.6) is 5.75 Å². The van der Waals surface area contributed by atoms with Gasteiger partial charge in [0.15, 0.2) is 6.10 Å². The molecule has 3 rings (SSSR count). The van der Waals surface area contributed by atoms with Crippen molar-refractivity contribution < 1.29 is 18.7 Å². The summed E-state index contributed by atoms with van der Waals surface area (Å²) in [6.07, 6.45) is -0.967. The Balaban J connectivity index is 2.01. The Kier molecular flexibility index (Phi) is 3.94. The number of hydrogen-bond donors (Lipinski definition) is 2. The van der Waals surface area contributed by atoms with Gasteiger partial charge in [0.2, 0.25) is 0 Å². The van der Waals surface area contributed by atoms with Crippen LogP contribution in [0.4, 0.5) is 10.1 Å². The van der Waals surface area contributed by atoms with E-state index in [1.54, 1.807) is 30.3 Å². The van der Waals surface area contributed by atoms with E-state index in [0.29, 0.717) is 11.4 Å². The number of carbonyl (C=O) groups is 2. The molecule has 1 aliphatic rings. The number of fused-ring (bicyclic) bond motifs is 1. The van der Waals surface area contributed by atoms with Crippen LogP contribution in [0.2, 0.25) is 0 Å². The van der Waals surface area contributed by atoms with Gasteiger partial charge in [0, 0.05) is 0 Å². The summed E-state index contributed by atoms with van der Waals surface area (Å²) in [4.78, 5) is 25.8. The van der Waals surface area contributed by atoms with Gasteiger partial charge in [-0.2, -0.15) is 0 Å². The van der Waals surface area contributed by atoms with Crippen molar-refractivity contribution in [1.29, 1.82) is 0 Å². The second kappa shape index (κ2) is 6.05. The average molecular weight is 315 g/mol. The third kappa shape index (κ3) is 2.74. The molecule has 0 aromatic heterocycles. The van der Waals surface area contributed by atoms with Crippen molar-refractivity contribution in [3.63, 3.8) is 0 Å². The number of hydrogen-bond acceptors (Lipinski definition) is 4. The van der Waals surface area contributed by atoms with Crippen molar-refractivity contribution in [2.75, 3.05) is 11.4 Å². The van der Waals surface area contributed by atoms with Gasteiger partial charge < -0.3 is 9.64 Å². The molecule has 1 atom stereocenters. The Morgan fingerprint density at radius 3 is 2.61 bits per heavy atom. The number of para-hydroxylation sites is 2. The van der Waals surface area contributed by atoms with Gasteiger partial charge in [-0.25, -0.2) is 10.2 Å². The van der Waals surface area contributed by atoms with E-state index in [1.807, 2.05) is 5.43 Å². The summed E-state index contributed by atoms with van der Waals surface area (Å²) in [5.74, 6) is 3.76. The third-order valence-corrected chi connectivity index (χ3v) is 3.56. The lowest BCUT2D eigenvalue weighted by Crippen LogP contribution is -2.52. The standard InChI is InChI=1S/C16H14FN3O3/c17-11-6-2-1-5-10(11)16(22)20-9-14(15(21)19-18)23-13-8-4-3-7-12(13)20/h1-8,14H,9,18H2,(H,19,21). The fraction of sp³-hybridized carbons (Fsp3) is 0.125. The molecule has 0 aliphatic carbocycles. The maximum Gasteiger partial charge on any atom is 0.276 e. The molecular formula is C16H14FN3O3. The zero-order chi connectivity index (χ0) is 16.4. The molecule has 7 heteroatoms. The van der Waals surface area contributed by atoms with Gasteiger partial charge in [-0.15, -0.1) is 0 Å². The first-order valence-corrected chi connectivity index (χ1v) is 6.94. The topological polar surface area (TPSA) is 84.7 Å². The molecule has 2 aromatic rings. The number of rotatable bonds is 2. The summed E-state index contributed by atoms with van der Waals surface area (Å²) in [5, 5.41) is 0. The highest BCUT2D eigenvalue weighted by atomic mass is 19.1. The molecule has 2 aromatic carbocycles. The summed E-state index contributed by atoms with van der Waals surface area (Å²) < 4.78 is 19.5. The van der Waals surface area contributed by atoms with E-state index in [0.717, 1.165) is 0 Å². The molecule has 0 saturated carbocycles. The first-order chi connectivity index (χ1) is 11.1. The number of amides is 2. The number of ether oxygens (including phenoxy) is 1. The van der Waals surface area contributed by atoms with E-state index in [4.69, 9.17) is 10.6 Å². The van der Waals surface area contributed by atoms with E-state index >= 15 is 0 Å². The fourth-order valence-corrected chi connectivity index (χ4v) is 2.44. The van der Waals surface area contributed by atoms with Crippen LogP contribution >= 0.6 is 0 Å². The number of carbonyl (C=O) groups excluding carboxylic acids is 2. The lowest BCUT2D eigenvalue weighted by atomic mass is 10.1. The zero-order valence-corrected chi connectivity index (χ0v) is 12.0. The summed E-state index contributed by atoms with van der Waals surface area (Å²) in [6, 6.07) is 12.4. The molecule has 1 heterocycles. The van der Waals surface area contributed by atoms with Crippen LogP contribution < -0.4 is 20.9 Å². The van der Waals surface area contributed by atoms with Gasteiger partial charge in [0.25, 0.3) is 11.8 Å². The highest BCUT2D eigenvalue weighted by Gasteiger charge is 2.34. The van der Waals surface area contributed by atoms with Gasteiger partial charge >= 0.3 is 0 Å². The van der Waals surface area contributed by atoms with E-state index in [9.17, 15) is 14.0 Å². The monoisotopic (exact) mass is 315 g/mol. The van der Waals surface area contributed by atoms with Crippen molar-refractivity contribution in [3.8, 4) is 5.75 Å². The highest BCUT2D eigenvalue weighted by molar-refractivity contribution is 6.08. The van der Waals surface area contributed by atoms with Crippen molar-refractivity contribution in [2.45, 2.75) is 6.10 Å². The number of nitrogens with zero attached hydrogens (tertiary/aromatic N) is 1. The molecule has 0 radical (unpaired) electrons. The molecule has 118 valence electrons. The lowest BCUT2D eigenvalue weighted by molar-refractivity contribution is -0.127. The summed E-state index contributed by atoms with van der Waals surface area (Å²) in [5.41, 5.74) is 2.40. The molecule has 1 unspecified atom stereocenters. The summed E-state index contributed by atoms with van der Waals surface area (Å²) in [7, 11) is 0. The van der Waals surface area contributed by atoms with Crippen LogP contribution in [0, 0.1) is 5.82 Å². The van der Waals surface area contributed by atoms with E-state index < -0.39 is 23.7 Å². The first kappa shape index (κ1) is 15.0. The molecule has 2 amide bonds.